The minimum absolute atomic E-state index is 0.120. The minimum Gasteiger partial charge on any atom is -0.493 e. The molecule has 1 heterocycles. The van der Waals surface area contributed by atoms with Crippen molar-refractivity contribution in [2.24, 2.45) is 5.92 Å². The molecule has 1 aliphatic rings. The number of carbonyl (C=O) groups excluding carboxylic acids is 3. The summed E-state index contributed by atoms with van der Waals surface area (Å²) in [5.41, 5.74) is 2.02. The summed E-state index contributed by atoms with van der Waals surface area (Å²) < 4.78 is 10.5. The Morgan fingerprint density at radius 3 is 2.55 bits per heavy atom. The number of methoxy groups -OCH3 is 2. The van der Waals surface area contributed by atoms with Gasteiger partial charge in [0.2, 0.25) is 11.8 Å². The summed E-state index contributed by atoms with van der Waals surface area (Å²) in [7, 11) is 3.08. The van der Waals surface area contributed by atoms with E-state index < -0.39 is 5.92 Å². The summed E-state index contributed by atoms with van der Waals surface area (Å²) in [5, 5.41) is 5.63. The first-order valence-electron chi connectivity index (χ1n) is 10.1. The molecular weight excluding hydrogens is 398 g/mol. The van der Waals surface area contributed by atoms with Gasteiger partial charge in [-0.25, -0.2) is 0 Å². The third-order valence-corrected chi connectivity index (χ3v) is 5.17. The Hall–Kier alpha value is -3.55. The van der Waals surface area contributed by atoms with E-state index in [4.69, 9.17) is 9.47 Å². The highest BCUT2D eigenvalue weighted by atomic mass is 16.5. The zero-order valence-electron chi connectivity index (χ0n) is 17.9. The van der Waals surface area contributed by atoms with Crippen LogP contribution in [0.2, 0.25) is 0 Å². The summed E-state index contributed by atoms with van der Waals surface area (Å²) >= 11 is 0. The zero-order valence-corrected chi connectivity index (χ0v) is 17.9. The average Bonchev–Trinajstić information content (AvgIpc) is 3.19. The van der Waals surface area contributed by atoms with Crippen molar-refractivity contribution in [3.8, 4) is 11.5 Å². The number of benzene rings is 2. The van der Waals surface area contributed by atoms with E-state index in [9.17, 15) is 14.4 Å². The molecule has 0 aliphatic carbocycles. The Bertz CT molecular complexity index is 975. The van der Waals surface area contributed by atoms with Gasteiger partial charge in [-0.1, -0.05) is 12.1 Å². The van der Waals surface area contributed by atoms with Crippen LogP contribution in [0.15, 0.2) is 42.5 Å². The molecule has 8 nitrogen and oxygen atoms in total. The summed E-state index contributed by atoms with van der Waals surface area (Å²) in [5.74, 6) is 0.176. The van der Waals surface area contributed by atoms with Crippen molar-refractivity contribution in [2.75, 3.05) is 32.2 Å². The van der Waals surface area contributed by atoms with E-state index >= 15 is 0 Å². The van der Waals surface area contributed by atoms with Crippen molar-refractivity contribution >= 4 is 23.4 Å². The molecule has 3 rings (SSSR count). The highest BCUT2D eigenvalue weighted by Gasteiger charge is 2.35. The molecule has 2 aromatic rings. The van der Waals surface area contributed by atoms with Crippen LogP contribution in [-0.2, 0) is 16.1 Å². The van der Waals surface area contributed by atoms with Gasteiger partial charge in [0.25, 0.3) is 5.91 Å². The summed E-state index contributed by atoms with van der Waals surface area (Å²) in [6.45, 7) is 2.98. The molecule has 0 saturated carbocycles. The number of rotatable bonds is 8. The SMILES string of the molecule is CCNC(=O)c1cccc(CNC(=O)C2CC(=O)N(c3ccc(OC)c(OC)c3)C2)c1. The Labute approximate surface area is 181 Å². The number of hydrogen-bond acceptors (Lipinski definition) is 5. The Balaban J connectivity index is 1.62. The van der Waals surface area contributed by atoms with E-state index in [2.05, 4.69) is 10.6 Å². The lowest BCUT2D eigenvalue weighted by Gasteiger charge is -2.18. The molecule has 0 spiro atoms. The fraction of sp³-hybridized carbons (Fsp3) is 0.348. The molecule has 1 saturated heterocycles. The number of nitrogens with one attached hydrogen (secondary N) is 2. The maximum atomic E-state index is 12.7. The first-order chi connectivity index (χ1) is 15.0. The van der Waals surface area contributed by atoms with Crippen molar-refractivity contribution in [1.29, 1.82) is 0 Å². The van der Waals surface area contributed by atoms with Crippen LogP contribution in [0, 0.1) is 5.92 Å². The molecular formula is C23H27N3O5. The third-order valence-electron chi connectivity index (χ3n) is 5.17. The van der Waals surface area contributed by atoms with Gasteiger partial charge in [-0.3, -0.25) is 14.4 Å². The Kier molecular flexibility index (Phi) is 7.12. The molecule has 8 heteroatoms. The van der Waals surface area contributed by atoms with Crippen molar-refractivity contribution < 1.29 is 23.9 Å². The highest BCUT2D eigenvalue weighted by molar-refractivity contribution is 6.00. The van der Waals surface area contributed by atoms with Crippen LogP contribution in [0.5, 0.6) is 11.5 Å². The minimum atomic E-state index is -0.452. The zero-order chi connectivity index (χ0) is 22.4. The number of nitrogens with zero attached hydrogens (tertiary/aromatic N) is 1. The van der Waals surface area contributed by atoms with E-state index in [0.717, 1.165) is 5.56 Å². The van der Waals surface area contributed by atoms with Crippen LogP contribution in [0.25, 0.3) is 0 Å². The van der Waals surface area contributed by atoms with E-state index in [-0.39, 0.29) is 30.7 Å². The Morgan fingerprint density at radius 1 is 1.06 bits per heavy atom. The molecule has 0 bridgehead atoms. The standard InChI is InChI=1S/C23H27N3O5/c1-4-24-22(28)16-7-5-6-15(10-16)13-25-23(29)17-11-21(27)26(14-17)18-8-9-19(30-2)20(12-18)31-3/h5-10,12,17H,4,11,13-14H2,1-3H3,(H,24,28)(H,25,29). The summed E-state index contributed by atoms with van der Waals surface area (Å²) in [6.07, 6.45) is 0.138. The van der Waals surface area contributed by atoms with Crippen LogP contribution in [0.3, 0.4) is 0 Å². The van der Waals surface area contributed by atoms with E-state index in [1.165, 1.54) is 7.11 Å². The number of carbonyl (C=O) groups is 3. The van der Waals surface area contributed by atoms with Crippen molar-refractivity contribution in [3.63, 3.8) is 0 Å². The maximum Gasteiger partial charge on any atom is 0.251 e. The van der Waals surface area contributed by atoms with Gasteiger partial charge in [0.1, 0.15) is 0 Å². The van der Waals surface area contributed by atoms with Crippen LogP contribution < -0.4 is 25.0 Å². The molecule has 1 aliphatic heterocycles. The van der Waals surface area contributed by atoms with Gasteiger partial charge >= 0.3 is 0 Å². The van der Waals surface area contributed by atoms with Crippen LogP contribution in [0.1, 0.15) is 29.3 Å². The third kappa shape index (κ3) is 5.14. The van der Waals surface area contributed by atoms with Gasteiger partial charge in [-0.15, -0.1) is 0 Å². The lowest BCUT2D eigenvalue weighted by Crippen LogP contribution is -2.32. The highest BCUT2D eigenvalue weighted by Crippen LogP contribution is 2.34. The predicted octanol–water partition coefficient (Wildman–Crippen LogP) is 2.12. The van der Waals surface area contributed by atoms with Crippen LogP contribution in [-0.4, -0.2) is 45.0 Å². The number of hydrogen-bond donors (Lipinski definition) is 2. The van der Waals surface area contributed by atoms with Gasteiger partial charge < -0.3 is 25.0 Å². The second kappa shape index (κ2) is 9.97. The second-order valence-corrected chi connectivity index (χ2v) is 7.22. The van der Waals surface area contributed by atoms with Crippen molar-refractivity contribution in [2.45, 2.75) is 19.9 Å². The van der Waals surface area contributed by atoms with Gasteiger partial charge in [0.15, 0.2) is 11.5 Å². The molecule has 0 aromatic heterocycles. The second-order valence-electron chi connectivity index (χ2n) is 7.22. The van der Waals surface area contributed by atoms with Gasteiger partial charge in [0, 0.05) is 43.4 Å². The molecule has 31 heavy (non-hydrogen) atoms. The Morgan fingerprint density at radius 2 is 1.84 bits per heavy atom. The summed E-state index contributed by atoms with van der Waals surface area (Å²) in [4.78, 5) is 38.8. The molecule has 2 N–H and O–H groups in total. The van der Waals surface area contributed by atoms with Crippen molar-refractivity contribution in [1.82, 2.24) is 10.6 Å². The lowest BCUT2D eigenvalue weighted by molar-refractivity contribution is -0.126. The average molecular weight is 425 g/mol. The van der Waals surface area contributed by atoms with E-state index in [1.54, 1.807) is 48.4 Å². The first-order valence-corrected chi connectivity index (χ1v) is 10.1. The number of ether oxygens (including phenoxy) is 2. The quantitative estimate of drug-likeness (QED) is 0.675. The molecule has 3 amide bonds. The van der Waals surface area contributed by atoms with Crippen molar-refractivity contribution in [3.05, 3.63) is 53.6 Å². The topological polar surface area (TPSA) is 97.0 Å². The van der Waals surface area contributed by atoms with Gasteiger partial charge in [0.05, 0.1) is 20.1 Å². The van der Waals surface area contributed by atoms with Gasteiger partial charge in [-0.05, 0) is 36.8 Å². The smallest absolute Gasteiger partial charge is 0.251 e. The molecule has 0 radical (unpaired) electrons. The van der Waals surface area contributed by atoms with Crippen LogP contribution >= 0.6 is 0 Å². The van der Waals surface area contributed by atoms with E-state index in [0.29, 0.717) is 35.8 Å². The first kappa shape index (κ1) is 22.1. The fourth-order valence-electron chi connectivity index (χ4n) is 3.54. The monoisotopic (exact) mass is 425 g/mol. The molecule has 1 unspecified atom stereocenters. The predicted molar refractivity (Wildman–Crippen MR) is 116 cm³/mol. The maximum absolute atomic E-state index is 12.7. The van der Waals surface area contributed by atoms with Gasteiger partial charge in [-0.2, -0.15) is 0 Å². The van der Waals surface area contributed by atoms with E-state index in [1.807, 2.05) is 13.0 Å². The summed E-state index contributed by atoms with van der Waals surface area (Å²) in [6, 6.07) is 12.3. The largest absolute Gasteiger partial charge is 0.493 e. The molecule has 1 atom stereocenters. The number of amides is 3. The fourth-order valence-corrected chi connectivity index (χ4v) is 3.54. The molecule has 2 aromatic carbocycles. The normalized spacial score (nSPS) is 15.5. The lowest BCUT2D eigenvalue weighted by atomic mass is 10.1. The number of anilines is 1. The molecule has 164 valence electrons. The molecule has 1 fully saturated rings. The van der Waals surface area contributed by atoms with Crippen LogP contribution in [0.4, 0.5) is 5.69 Å².